The number of aromatic nitrogens is 23. The molecule has 0 aliphatic carbocycles. The van der Waals surface area contributed by atoms with Gasteiger partial charge in [0.05, 0.1) is 64.2 Å². The van der Waals surface area contributed by atoms with Crippen LogP contribution in [0.4, 0.5) is 0 Å². The first kappa shape index (κ1) is 61.4. The van der Waals surface area contributed by atoms with E-state index in [-0.39, 0.29) is 0 Å². The van der Waals surface area contributed by atoms with Crippen LogP contribution in [0.15, 0.2) is 298 Å². The molecular formula is C90H64N23OS+5. The highest BCUT2D eigenvalue weighted by Crippen LogP contribution is 2.42. The van der Waals surface area contributed by atoms with Crippen LogP contribution in [-0.2, 0) is 46.7 Å². The molecule has 0 unspecified atom stereocenters. The molecule has 25 heteroatoms. The van der Waals surface area contributed by atoms with E-state index in [4.69, 9.17) is 8.53 Å². The Hall–Kier alpha value is -15.4. The van der Waals surface area contributed by atoms with Gasteiger partial charge in [0.15, 0.2) is 16.2 Å². The number of oxazole rings is 1. The minimum absolute atomic E-state index is 0.464. The Morgan fingerprint density at radius 3 is 1.36 bits per heavy atom. The van der Waals surface area contributed by atoms with Crippen molar-refractivity contribution >= 4 is 105 Å². The predicted octanol–water partition coefficient (Wildman–Crippen LogP) is 13.5. The number of benzene rings is 3. The maximum absolute atomic E-state index is 8.24. The summed E-state index contributed by atoms with van der Waals surface area (Å²) in [5, 5.41) is 3.33. The molecule has 0 saturated carbocycles. The van der Waals surface area contributed by atoms with Crippen molar-refractivity contribution in [1.29, 1.82) is 0 Å². The summed E-state index contributed by atoms with van der Waals surface area (Å²) < 4.78 is 60.2. The van der Waals surface area contributed by atoms with Crippen LogP contribution in [0.25, 0.3) is 167 Å². The van der Waals surface area contributed by atoms with Gasteiger partial charge in [-0.3, -0.25) is 34.1 Å². The lowest BCUT2D eigenvalue weighted by Gasteiger charge is -2.03. The number of imidazole rings is 3. The normalized spacial score (nSPS) is 13.3. The zero-order chi connectivity index (χ0) is 78.2. The van der Waals surface area contributed by atoms with Gasteiger partial charge in [0, 0.05) is 157 Å². The third-order valence-corrected chi connectivity index (χ3v) is 23.8. The smallest absolute Gasteiger partial charge is 0.335 e. The zero-order valence-corrected chi connectivity index (χ0v) is 62.2. The van der Waals surface area contributed by atoms with Gasteiger partial charge in [-0.15, -0.1) is 0 Å². The lowest BCUT2D eigenvalue weighted by Crippen LogP contribution is -2.32. The monoisotopic (exact) mass is 1520 g/mol. The van der Waals surface area contributed by atoms with Gasteiger partial charge in [0.25, 0.3) is 34.5 Å². The molecule has 5 aliphatic rings. The minimum Gasteiger partial charge on any atom is -0.413 e. The number of para-hydroxylation sites is 3. The van der Waals surface area contributed by atoms with Crippen molar-refractivity contribution in [3.05, 3.63) is 321 Å². The largest absolute Gasteiger partial charge is 0.413 e. The van der Waals surface area contributed by atoms with Gasteiger partial charge in [-0.1, -0.05) is 65.9 Å². The summed E-state index contributed by atoms with van der Waals surface area (Å²) in [4.78, 5) is 43.6. The number of rotatable bonds is 3. The first-order valence-corrected chi connectivity index (χ1v) is 38.6. The van der Waals surface area contributed by atoms with Crippen molar-refractivity contribution in [2.45, 2.75) is 32.7 Å². The van der Waals surface area contributed by atoms with Crippen LogP contribution in [0.5, 0.6) is 0 Å². The van der Waals surface area contributed by atoms with Gasteiger partial charge in [-0.25, -0.2) is 52.2 Å². The number of hydrogen-bond acceptors (Lipinski definition) is 12. The summed E-state index contributed by atoms with van der Waals surface area (Å²) in [6.45, 7) is 1.64. The van der Waals surface area contributed by atoms with Crippen LogP contribution in [-0.4, -0.2) is 85.9 Å². The lowest BCUT2D eigenvalue weighted by molar-refractivity contribution is -0.651. The van der Waals surface area contributed by atoms with Crippen molar-refractivity contribution in [2.75, 3.05) is 0 Å². The topological polar surface area (TPSA) is 199 Å². The fourth-order valence-corrected chi connectivity index (χ4v) is 19.2. The Bertz CT molecular complexity index is 7920. The van der Waals surface area contributed by atoms with E-state index in [9.17, 15) is 0 Å². The van der Waals surface area contributed by atoms with Crippen LogP contribution in [0.3, 0.4) is 0 Å². The molecule has 0 amide bonds. The van der Waals surface area contributed by atoms with Crippen molar-refractivity contribution in [3.63, 3.8) is 0 Å². The lowest BCUT2D eigenvalue weighted by atomic mass is 10.1. The molecule has 0 bridgehead atoms. The minimum atomic E-state index is -2.37. The van der Waals surface area contributed by atoms with E-state index in [0.717, 1.165) is 122 Å². The molecule has 0 fully saturated rings. The Morgan fingerprint density at radius 1 is 0.374 bits per heavy atom. The fourth-order valence-electron chi connectivity index (χ4n) is 18.0. The molecule has 28 rings (SSSR count). The highest BCUT2D eigenvalue weighted by molar-refractivity contribution is 7.21. The Labute approximate surface area is 660 Å². The Kier molecular flexibility index (Phi) is 13.4. The summed E-state index contributed by atoms with van der Waals surface area (Å²) in [5.41, 5.74) is 29.1. The molecule has 25 heterocycles. The molecule has 23 aromatic rings. The van der Waals surface area contributed by atoms with Crippen LogP contribution < -0.4 is 22.8 Å². The Balaban J connectivity index is 0.0000000850. The van der Waals surface area contributed by atoms with Gasteiger partial charge >= 0.3 is 11.3 Å². The van der Waals surface area contributed by atoms with Gasteiger partial charge in [-0.2, -0.15) is 22.5 Å². The number of fused-ring (bicyclic) bond motifs is 35. The highest BCUT2D eigenvalue weighted by atomic mass is 32.1. The number of hydrogen-bond donors (Lipinski definition) is 0. The molecule has 3 aromatic carbocycles. The molecule has 0 N–H and O–H groups in total. The standard InChI is InChI=1S/2C21H16N5.C20H14N5.C14H9N4O.C14H9N4S/c2*1-24-19-17(8-5-10-23-19)18-21(24)26(15-6-3-2-4-7-15)20-16-9-11-22-12-14(16)13-25(18)20;1-2-5-15(6-3-1)25-17-11-18-22-8-4-10-23(18)20(17)24-13-14-12-21-9-7-16(14)19(24)25;2*1-3-16-12-6-11-13(17(12)5-1)18-8-9-7-15-4-2-10(9)14(18)19-11/h2*2-12H,13H2,1H3;1-12H,13H2;2*1-7H,8H2/q5*+1/i1D3;;;;. The van der Waals surface area contributed by atoms with Gasteiger partial charge in [0.2, 0.25) is 33.7 Å². The predicted molar refractivity (Wildman–Crippen MR) is 435 cm³/mol. The number of thiazole rings is 1. The van der Waals surface area contributed by atoms with E-state index in [1.807, 2.05) is 181 Å². The van der Waals surface area contributed by atoms with Crippen molar-refractivity contribution < 1.29 is 31.4 Å². The molecule has 546 valence electrons. The van der Waals surface area contributed by atoms with E-state index in [1.54, 1.807) is 24.8 Å². The van der Waals surface area contributed by atoms with Crippen molar-refractivity contribution in [1.82, 2.24) is 85.9 Å². The van der Waals surface area contributed by atoms with Gasteiger partial charge in [-0.05, 0) is 109 Å². The molecule has 0 spiro atoms. The zero-order valence-electron chi connectivity index (χ0n) is 64.4. The maximum atomic E-state index is 8.24. The molecule has 0 atom stereocenters. The second-order valence-corrected chi connectivity index (χ2v) is 30.0. The summed E-state index contributed by atoms with van der Waals surface area (Å²) in [6.07, 6.45) is 34.0. The van der Waals surface area contributed by atoms with Gasteiger partial charge < -0.3 is 4.42 Å². The van der Waals surface area contributed by atoms with E-state index < -0.39 is 6.98 Å². The van der Waals surface area contributed by atoms with Crippen LogP contribution in [0, 0.1) is 0 Å². The van der Waals surface area contributed by atoms with Crippen molar-refractivity contribution in [3.8, 4) is 73.3 Å². The molecule has 24 nitrogen and oxygen atoms in total. The fraction of sp³-hybridized carbons (Fsp3) is 0.0778. The number of nitrogens with zero attached hydrogens (tertiary/aromatic N) is 23. The van der Waals surface area contributed by atoms with Crippen molar-refractivity contribution in [2.24, 2.45) is 14.0 Å². The molecule has 0 radical (unpaired) electrons. The van der Waals surface area contributed by atoms with Crippen LogP contribution in [0.2, 0.25) is 0 Å². The molecule has 20 aromatic heterocycles. The molecule has 5 aliphatic heterocycles. The maximum Gasteiger partial charge on any atom is 0.335 e. The molecular weight excluding hydrogens is 1450 g/mol. The highest BCUT2D eigenvalue weighted by Gasteiger charge is 2.42. The first-order valence-electron chi connectivity index (χ1n) is 39.3. The third kappa shape index (κ3) is 9.54. The summed E-state index contributed by atoms with van der Waals surface area (Å²) in [5.74, 6) is 4.27. The van der Waals surface area contributed by atoms with E-state index in [1.165, 1.54) is 92.6 Å². The van der Waals surface area contributed by atoms with E-state index in [0.29, 0.717) is 17.8 Å². The molecule has 115 heavy (non-hydrogen) atoms. The second-order valence-electron chi connectivity index (χ2n) is 28.9. The average molecular weight is 1520 g/mol. The first-order chi connectivity index (χ1) is 58.1. The van der Waals surface area contributed by atoms with Crippen LogP contribution in [0.1, 0.15) is 31.9 Å². The van der Waals surface area contributed by atoms with Gasteiger partial charge in [0.1, 0.15) is 59.2 Å². The SMILES string of the molecule is Cn1c2ncccc2c2c1n(-c1ccccc1)c1[n+]2Cc2cnccc2-1.[2H]C([2H])([2H])n1c2ncccc2c2c1n(-c1ccccc1)c1[n+]2Cc2cnccc2-1.c1ccc(-n2c3[n+](c4c2cc2ncccn24)Cc2cnccc2-3)cc1.c1cnc2cc3oc4[n+](c3n2c1)Cc1cnccc1-4.c1cnc2cc3sc4[n+](c3n2c1)Cc1cnccc1-4. The number of aryl methyl sites for hydroxylation is 2. The summed E-state index contributed by atoms with van der Waals surface area (Å²) >= 11 is 1.83. The van der Waals surface area contributed by atoms with E-state index >= 15 is 0 Å². The summed E-state index contributed by atoms with van der Waals surface area (Å²) in [6, 6.07) is 61.4. The average Bonchev–Trinajstić information content (AvgIpc) is 1.53. The summed E-state index contributed by atoms with van der Waals surface area (Å²) in [7, 11) is 2.10. The third-order valence-electron chi connectivity index (χ3n) is 22.7. The Morgan fingerprint density at radius 2 is 0.800 bits per heavy atom. The quantitative estimate of drug-likeness (QED) is 0.152. The second kappa shape index (κ2) is 25.1. The number of pyridine rings is 7. The van der Waals surface area contributed by atoms with E-state index in [2.05, 4.69) is 210 Å². The molecule has 0 saturated heterocycles. The van der Waals surface area contributed by atoms with Crippen LogP contribution >= 0.6 is 11.3 Å².